The van der Waals surface area contributed by atoms with Crippen LogP contribution in [-0.4, -0.2) is 22.9 Å². The molecule has 0 aliphatic rings. The first-order valence-electron chi connectivity index (χ1n) is 6.69. The molecule has 1 heterocycles. The third kappa shape index (κ3) is 4.16. The second-order valence-electron chi connectivity index (χ2n) is 4.80. The predicted octanol–water partition coefficient (Wildman–Crippen LogP) is 2.68. The fraction of sp³-hybridized carbons (Fsp3) is 0.200. The molecule has 0 saturated carbocycles. The van der Waals surface area contributed by atoms with Gasteiger partial charge in [0.25, 0.3) is 5.91 Å². The normalized spacial score (nSPS) is 11.6. The maximum Gasteiger partial charge on any atom is 0.433 e. The van der Waals surface area contributed by atoms with Crippen LogP contribution in [0, 0.1) is 17.0 Å². The van der Waals surface area contributed by atoms with E-state index in [0.717, 1.165) is 17.7 Å². The summed E-state index contributed by atoms with van der Waals surface area (Å²) in [4.78, 5) is 33.4. The van der Waals surface area contributed by atoms with Crippen LogP contribution in [0.4, 0.5) is 11.6 Å². The summed E-state index contributed by atoms with van der Waals surface area (Å²) in [7, 11) is 0. The fourth-order valence-electron chi connectivity index (χ4n) is 1.69. The molecule has 1 aromatic heterocycles. The number of nitro groups is 1. The van der Waals surface area contributed by atoms with Crippen molar-refractivity contribution in [3.63, 3.8) is 0 Å². The molecular formula is C15H14N2O6. The number of nitrogens with one attached hydrogen (secondary N) is 1. The molecule has 0 fully saturated rings. The van der Waals surface area contributed by atoms with Crippen LogP contribution >= 0.6 is 0 Å². The van der Waals surface area contributed by atoms with Crippen LogP contribution in [0.2, 0.25) is 0 Å². The standard InChI is InChI=1S/C15H14N2O6/c1-9-3-5-11(6-4-9)16-14(18)10(2)22-15(19)12-7-8-13(23-12)17(20)21/h3-8,10H,1-2H3,(H,16,18)/t10-/m0/s1. The molecule has 1 atom stereocenters. The molecule has 0 spiro atoms. The van der Waals surface area contributed by atoms with Gasteiger partial charge in [0.1, 0.15) is 4.92 Å². The van der Waals surface area contributed by atoms with Crippen LogP contribution in [0.3, 0.4) is 0 Å². The van der Waals surface area contributed by atoms with Gasteiger partial charge in [0, 0.05) is 5.69 Å². The summed E-state index contributed by atoms with van der Waals surface area (Å²) in [5, 5.41) is 13.1. The van der Waals surface area contributed by atoms with Crippen molar-refractivity contribution in [2.75, 3.05) is 5.32 Å². The lowest BCUT2D eigenvalue weighted by molar-refractivity contribution is -0.402. The Labute approximate surface area is 131 Å². The number of benzene rings is 1. The molecule has 1 amide bonds. The zero-order valence-corrected chi connectivity index (χ0v) is 12.4. The van der Waals surface area contributed by atoms with Crippen molar-refractivity contribution in [3.05, 3.63) is 57.8 Å². The van der Waals surface area contributed by atoms with Gasteiger partial charge in [0.15, 0.2) is 6.10 Å². The number of anilines is 1. The van der Waals surface area contributed by atoms with Crippen molar-refractivity contribution < 1.29 is 23.7 Å². The van der Waals surface area contributed by atoms with Gasteiger partial charge in [-0.25, -0.2) is 4.79 Å². The molecule has 8 heteroatoms. The van der Waals surface area contributed by atoms with Gasteiger partial charge in [-0.05, 0) is 32.0 Å². The van der Waals surface area contributed by atoms with Crippen molar-refractivity contribution in [1.29, 1.82) is 0 Å². The number of amides is 1. The Balaban J connectivity index is 1.95. The number of aryl methyl sites for hydroxylation is 1. The van der Waals surface area contributed by atoms with Gasteiger partial charge < -0.3 is 14.5 Å². The Morgan fingerprint density at radius 2 is 1.87 bits per heavy atom. The number of nitrogens with zero attached hydrogens (tertiary/aromatic N) is 1. The molecule has 1 N–H and O–H groups in total. The molecule has 120 valence electrons. The third-order valence-electron chi connectivity index (χ3n) is 2.95. The lowest BCUT2D eigenvalue weighted by Crippen LogP contribution is -2.29. The van der Waals surface area contributed by atoms with Crippen LogP contribution in [0.25, 0.3) is 0 Å². The molecule has 0 saturated heterocycles. The first kappa shape index (κ1) is 16.2. The summed E-state index contributed by atoms with van der Waals surface area (Å²) < 4.78 is 9.63. The van der Waals surface area contributed by atoms with Crippen LogP contribution in [0.5, 0.6) is 0 Å². The van der Waals surface area contributed by atoms with E-state index in [1.165, 1.54) is 6.92 Å². The highest BCUT2D eigenvalue weighted by molar-refractivity contribution is 5.96. The molecule has 2 aromatic rings. The van der Waals surface area contributed by atoms with E-state index in [-0.39, 0.29) is 5.76 Å². The maximum atomic E-state index is 12.0. The number of furan rings is 1. The van der Waals surface area contributed by atoms with E-state index in [9.17, 15) is 19.7 Å². The fourth-order valence-corrected chi connectivity index (χ4v) is 1.69. The average Bonchev–Trinajstić information content (AvgIpc) is 2.99. The molecule has 0 radical (unpaired) electrons. The summed E-state index contributed by atoms with van der Waals surface area (Å²) in [6, 6.07) is 9.25. The SMILES string of the molecule is Cc1ccc(NC(=O)[C@H](C)OC(=O)c2ccc([N+](=O)[O-])o2)cc1. The first-order valence-corrected chi connectivity index (χ1v) is 6.69. The summed E-state index contributed by atoms with van der Waals surface area (Å²) >= 11 is 0. The van der Waals surface area contributed by atoms with Crippen LogP contribution in [-0.2, 0) is 9.53 Å². The lowest BCUT2D eigenvalue weighted by atomic mass is 10.2. The van der Waals surface area contributed by atoms with Crippen molar-refractivity contribution >= 4 is 23.4 Å². The molecule has 0 bridgehead atoms. The highest BCUT2D eigenvalue weighted by Crippen LogP contribution is 2.17. The zero-order chi connectivity index (χ0) is 17.0. The van der Waals surface area contributed by atoms with Gasteiger partial charge >= 0.3 is 11.9 Å². The van der Waals surface area contributed by atoms with Crippen molar-refractivity contribution in [2.45, 2.75) is 20.0 Å². The molecular weight excluding hydrogens is 304 g/mol. The van der Waals surface area contributed by atoms with Crippen LogP contribution in [0.1, 0.15) is 23.0 Å². The summed E-state index contributed by atoms with van der Waals surface area (Å²) in [6.07, 6.45) is -1.09. The maximum absolute atomic E-state index is 12.0. The first-order chi connectivity index (χ1) is 10.9. The Bertz CT molecular complexity index is 735. The largest absolute Gasteiger partial charge is 0.447 e. The number of esters is 1. The number of carbonyl (C=O) groups is 2. The molecule has 2 rings (SSSR count). The minimum atomic E-state index is -1.09. The molecule has 0 aliphatic carbocycles. The van der Waals surface area contributed by atoms with E-state index >= 15 is 0 Å². The number of ether oxygens (including phenoxy) is 1. The van der Waals surface area contributed by atoms with E-state index < -0.39 is 28.8 Å². The average molecular weight is 318 g/mol. The number of hydrogen-bond acceptors (Lipinski definition) is 6. The van der Waals surface area contributed by atoms with E-state index in [2.05, 4.69) is 5.32 Å². The van der Waals surface area contributed by atoms with Gasteiger partial charge in [-0.3, -0.25) is 14.9 Å². The smallest absolute Gasteiger partial charge is 0.433 e. The number of rotatable bonds is 5. The molecule has 1 aromatic carbocycles. The highest BCUT2D eigenvalue weighted by atomic mass is 16.7. The van der Waals surface area contributed by atoms with Gasteiger partial charge in [0.05, 0.1) is 6.07 Å². The van der Waals surface area contributed by atoms with Crippen molar-refractivity contribution in [2.24, 2.45) is 0 Å². The molecule has 0 unspecified atom stereocenters. The lowest BCUT2D eigenvalue weighted by Gasteiger charge is -2.12. The highest BCUT2D eigenvalue weighted by Gasteiger charge is 2.23. The Kier molecular flexibility index (Phi) is 4.75. The van der Waals surface area contributed by atoms with Crippen molar-refractivity contribution in [1.82, 2.24) is 0 Å². The van der Waals surface area contributed by atoms with Gasteiger partial charge in [0.2, 0.25) is 5.76 Å². The second-order valence-corrected chi connectivity index (χ2v) is 4.80. The zero-order valence-electron chi connectivity index (χ0n) is 12.4. The second kappa shape index (κ2) is 6.73. The summed E-state index contributed by atoms with van der Waals surface area (Å²) in [6.45, 7) is 3.30. The monoisotopic (exact) mass is 318 g/mol. The third-order valence-corrected chi connectivity index (χ3v) is 2.95. The number of carbonyl (C=O) groups excluding carboxylic acids is 2. The molecule has 0 aliphatic heterocycles. The van der Waals surface area contributed by atoms with Crippen LogP contribution < -0.4 is 5.32 Å². The van der Waals surface area contributed by atoms with E-state index in [0.29, 0.717) is 5.69 Å². The van der Waals surface area contributed by atoms with E-state index in [1.807, 2.05) is 19.1 Å². The van der Waals surface area contributed by atoms with Crippen molar-refractivity contribution in [3.8, 4) is 0 Å². The number of hydrogen-bond donors (Lipinski definition) is 1. The Morgan fingerprint density at radius 1 is 1.22 bits per heavy atom. The minimum absolute atomic E-state index is 0.341. The Hall–Kier alpha value is -3.16. The topological polar surface area (TPSA) is 112 Å². The van der Waals surface area contributed by atoms with Gasteiger partial charge in [-0.2, -0.15) is 0 Å². The van der Waals surface area contributed by atoms with E-state index in [4.69, 9.17) is 9.15 Å². The summed E-state index contributed by atoms with van der Waals surface area (Å²) in [5.41, 5.74) is 1.61. The van der Waals surface area contributed by atoms with Gasteiger partial charge in [-0.15, -0.1) is 0 Å². The quantitative estimate of drug-likeness (QED) is 0.515. The minimum Gasteiger partial charge on any atom is -0.447 e. The predicted molar refractivity (Wildman–Crippen MR) is 80.0 cm³/mol. The van der Waals surface area contributed by atoms with E-state index in [1.54, 1.807) is 12.1 Å². The summed E-state index contributed by atoms with van der Waals surface area (Å²) in [5.74, 6) is -2.40. The Morgan fingerprint density at radius 3 is 2.43 bits per heavy atom. The van der Waals surface area contributed by atoms with Gasteiger partial charge in [-0.1, -0.05) is 17.7 Å². The molecule has 23 heavy (non-hydrogen) atoms. The van der Waals surface area contributed by atoms with Crippen LogP contribution in [0.15, 0.2) is 40.8 Å². The molecule has 8 nitrogen and oxygen atoms in total.